The molecule has 0 aromatic carbocycles. The molecule has 106 valence electrons. The molecule has 0 aliphatic heterocycles. The molecule has 0 radical (unpaired) electrons. The lowest BCUT2D eigenvalue weighted by atomic mass is 10.3. The zero-order valence-electron chi connectivity index (χ0n) is 12.1. The molecule has 1 rings (SSSR count). The summed E-state index contributed by atoms with van der Waals surface area (Å²) in [5.74, 6) is 0.247. The molecule has 1 aromatic heterocycles. The topological polar surface area (TPSA) is 45.2 Å². The van der Waals surface area contributed by atoms with Crippen molar-refractivity contribution in [3.05, 3.63) is 30.1 Å². The lowest BCUT2D eigenvalue weighted by molar-refractivity contribution is -0.131. The summed E-state index contributed by atoms with van der Waals surface area (Å²) in [5.41, 5.74) is 1.01. The maximum absolute atomic E-state index is 12.0. The molecular formula is C15H25N3O. The largest absolute Gasteiger partial charge is 0.343 e. The number of nitrogens with zero attached hydrogens (tertiary/aromatic N) is 2. The normalized spacial score (nSPS) is 10.4. The van der Waals surface area contributed by atoms with Crippen LogP contribution in [-0.2, 0) is 11.3 Å². The van der Waals surface area contributed by atoms with Gasteiger partial charge in [-0.3, -0.25) is 9.78 Å². The van der Waals surface area contributed by atoms with Crippen LogP contribution in [0.2, 0.25) is 0 Å². The van der Waals surface area contributed by atoms with Crippen LogP contribution < -0.4 is 5.32 Å². The Hall–Kier alpha value is -1.42. The fraction of sp³-hybridized carbons (Fsp3) is 0.600. The first-order chi connectivity index (χ1) is 9.27. The van der Waals surface area contributed by atoms with Gasteiger partial charge in [-0.05, 0) is 25.0 Å². The molecule has 1 heterocycles. The van der Waals surface area contributed by atoms with Crippen molar-refractivity contribution >= 4 is 5.91 Å². The number of rotatable bonds is 9. The van der Waals surface area contributed by atoms with Crippen LogP contribution in [0.4, 0.5) is 0 Å². The Labute approximate surface area is 116 Å². The molecular weight excluding hydrogens is 238 g/mol. The molecule has 0 aliphatic rings. The van der Waals surface area contributed by atoms with Gasteiger partial charge in [0.25, 0.3) is 0 Å². The highest BCUT2D eigenvalue weighted by atomic mass is 16.2. The van der Waals surface area contributed by atoms with E-state index in [9.17, 15) is 4.79 Å². The molecule has 4 nitrogen and oxygen atoms in total. The summed E-state index contributed by atoms with van der Waals surface area (Å²) in [7, 11) is 0. The van der Waals surface area contributed by atoms with Gasteiger partial charge in [-0.25, -0.2) is 0 Å². The Morgan fingerprint density at radius 2 is 2.00 bits per heavy atom. The van der Waals surface area contributed by atoms with Gasteiger partial charge in [-0.15, -0.1) is 0 Å². The molecule has 0 saturated carbocycles. The van der Waals surface area contributed by atoms with Crippen LogP contribution in [-0.4, -0.2) is 35.4 Å². The van der Waals surface area contributed by atoms with E-state index < -0.39 is 0 Å². The summed E-state index contributed by atoms with van der Waals surface area (Å²) in [6, 6.07) is 5.86. The Bertz CT molecular complexity index is 348. The molecule has 0 saturated heterocycles. The molecule has 19 heavy (non-hydrogen) atoms. The predicted molar refractivity (Wildman–Crippen MR) is 77.7 cm³/mol. The van der Waals surface area contributed by atoms with Gasteiger partial charge in [0.05, 0.1) is 5.69 Å². The van der Waals surface area contributed by atoms with E-state index in [2.05, 4.69) is 24.1 Å². The van der Waals surface area contributed by atoms with Crippen LogP contribution in [0.3, 0.4) is 0 Å². The molecule has 0 atom stereocenters. The predicted octanol–water partition coefficient (Wildman–Crippen LogP) is 2.21. The summed E-state index contributed by atoms with van der Waals surface area (Å²) in [5, 5.41) is 3.26. The van der Waals surface area contributed by atoms with Crippen molar-refractivity contribution in [2.45, 2.75) is 39.7 Å². The number of aromatic nitrogens is 1. The van der Waals surface area contributed by atoms with Gasteiger partial charge >= 0.3 is 0 Å². The standard InChI is InChI=1S/C15H25N3O/c1-3-11-18(12-4-2)15(19)8-10-16-13-14-7-5-6-9-17-14/h5-7,9,16H,3-4,8,10-13H2,1-2H3. The maximum atomic E-state index is 12.0. The van der Waals surface area contributed by atoms with Crippen molar-refractivity contribution in [3.8, 4) is 0 Å². The second-order valence-electron chi connectivity index (χ2n) is 4.63. The Balaban J connectivity index is 2.22. The summed E-state index contributed by atoms with van der Waals surface area (Å²) in [6.07, 6.45) is 4.39. The number of carbonyl (C=O) groups is 1. The van der Waals surface area contributed by atoms with Crippen molar-refractivity contribution < 1.29 is 4.79 Å². The molecule has 0 aliphatic carbocycles. The number of pyridine rings is 1. The second-order valence-corrected chi connectivity index (χ2v) is 4.63. The molecule has 1 aromatic rings. The van der Waals surface area contributed by atoms with Crippen LogP contribution in [0.1, 0.15) is 38.8 Å². The van der Waals surface area contributed by atoms with Crippen molar-refractivity contribution in [1.29, 1.82) is 0 Å². The monoisotopic (exact) mass is 263 g/mol. The lowest BCUT2D eigenvalue weighted by Crippen LogP contribution is -2.34. The number of hydrogen-bond acceptors (Lipinski definition) is 3. The van der Waals surface area contributed by atoms with Crippen LogP contribution in [0.25, 0.3) is 0 Å². The molecule has 1 N–H and O–H groups in total. The molecule has 0 bridgehead atoms. The van der Waals surface area contributed by atoms with Gasteiger partial charge in [0.15, 0.2) is 0 Å². The van der Waals surface area contributed by atoms with Gasteiger partial charge in [-0.1, -0.05) is 19.9 Å². The molecule has 0 spiro atoms. The summed E-state index contributed by atoms with van der Waals surface area (Å²) < 4.78 is 0. The van der Waals surface area contributed by atoms with Crippen molar-refractivity contribution in [2.75, 3.05) is 19.6 Å². The second kappa shape index (κ2) is 9.50. The first kappa shape index (κ1) is 15.6. The summed E-state index contributed by atoms with van der Waals surface area (Å²) in [4.78, 5) is 18.2. The van der Waals surface area contributed by atoms with E-state index in [1.54, 1.807) is 6.20 Å². The van der Waals surface area contributed by atoms with Crippen LogP contribution >= 0.6 is 0 Å². The Morgan fingerprint density at radius 1 is 1.26 bits per heavy atom. The van der Waals surface area contributed by atoms with Crippen LogP contribution in [0, 0.1) is 0 Å². The number of carbonyl (C=O) groups excluding carboxylic acids is 1. The molecule has 0 unspecified atom stereocenters. The summed E-state index contributed by atoms with van der Waals surface area (Å²) in [6.45, 7) is 7.37. The van der Waals surface area contributed by atoms with Gasteiger partial charge in [0.1, 0.15) is 0 Å². The van der Waals surface area contributed by atoms with Gasteiger partial charge in [0, 0.05) is 38.8 Å². The minimum atomic E-state index is 0.247. The fourth-order valence-corrected chi connectivity index (χ4v) is 1.97. The Kier molecular flexibility index (Phi) is 7.82. The third kappa shape index (κ3) is 6.34. The van der Waals surface area contributed by atoms with E-state index in [1.165, 1.54) is 0 Å². The van der Waals surface area contributed by atoms with Crippen LogP contribution in [0.5, 0.6) is 0 Å². The van der Waals surface area contributed by atoms with Gasteiger partial charge < -0.3 is 10.2 Å². The van der Waals surface area contributed by atoms with Crippen molar-refractivity contribution in [3.63, 3.8) is 0 Å². The first-order valence-electron chi connectivity index (χ1n) is 7.16. The smallest absolute Gasteiger partial charge is 0.223 e. The highest BCUT2D eigenvalue weighted by Gasteiger charge is 2.10. The average Bonchev–Trinajstić information content (AvgIpc) is 2.44. The van der Waals surface area contributed by atoms with E-state index in [0.717, 1.165) is 38.2 Å². The molecule has 0 fully saturated rings. The SMILES string of the molecule is CCCN(CCC)C(=O)CCNCc1ccccn1. The number of amides is 1. The quantitative estimate of drug-likeness (QED) is 0.695. The van der Waals surface area contributed by atoms with E-state index in [-0.39, 0.29) is 5.91 Å². The van der Waals surface area contributed by atoms with Crippen LogP contribution in [0.15, 0.2) is 24.4 Å². The first-order valence-corrected chi connectivity index (χ1v) is 7.16. The zero-order chi connectivity index (χ0) is 13.9. The van der Waals surface area contributed by atoms with E-state index >= 15 is 0 Å². The summed E-state index contributed by atoms with van der Waals surface area (Å²) >= 11 is 0. The minimum absolute atomic E-state index is 0.247. The van der Waals surface area contributed by atoms with Gasteiger partial charge in [-0.2, -0.15) is 0 Å². The molecule has 4 heteroatoms. The van der Waals surface area contributed by atoms with Crippen molar-refractivity contribution in [2.24, 2.45) is 0 Å². The highest BCUT2D eigenvalue weighted by molar-refractivity contribution is 5.76. The average molecular weight is 263 g/mol. The fourth-order valence-electron chi connectivity index (χ4n) is 1.97. The number of hydrogen-bond donors (Lipinski definition) is 1. The maximum Gasteiger partial charge on any atom is 0.223 e. The van der Waals surface area contributed by atoms with Gasteiger partial charge in [0.2, 0.25) is 5.91 Å². The highest BCUT2D eigenvalue weighted by Crippen LogP contribution is 1.98. The van der Waals surface area contributed by atoms with E-state index in [1.807, 2.05) is 23.1 Å². The van der Waals surface area contributed by atoms with E-state index in [0.29, 0.717) is 13.0 Å². The van der Waals surface area contributed by atoms with Crippen molar-refractivity contribution in [1.82, 2.24) is 15.2 Å². The molecule has 1 amide bonds. The third-order valence-electron chi connectivity index (χ3n) is 2.89. The third-order valence-corrected chi connectivity index (χ3v) is 2.89. The minimum Gasteiger partial charge on any atom is -0.343 e. The zero-order valence-corrected chi connectivity index (χ0v) is 12.1. The Morgan fingerprint density at radius 3 is 2.58 bits per heavy atom. The lowest BCUT2D eigenvalue weighted by Gasteiger charge is -2.21. The number of nitrogens with one attached hydrogen (secondary N) is 1. The van der Waals surface area contributed by atoms with E-state index in [4.69, 9.17) is 0 Å².